The Balaban J connectivity index is 1.72. The van der Waals surface area contributed by atoms with Gasteiger partial charge in [0.1, 0.15) is 53.7 Å². The van der Waals surface area contributed by atoms with Gasteiger partial charge in [-0.1, -0.05) is 6.58 Å². The van der Waals surface area contributed by atoms with Crippen molar-refractivity contribution in [3.8, 4) is 0 Å². The van der Waals surface area contributed by atoms with Crippen LogP contribution in [-0.4, -0.2) is 114 Å². The average molecular weight is 683 g/mol. The fourth-order valence-corrected chi connectivity index (χ4v) is 8.14. The molecule has 42 heavy (non-hydrogen) atoms. The largest absolute Gasteiger partial charge is 0.481 e. The number of anilines is 1. The minimum atomic E-state index is -5.53. The van der Waals surface area contributed by atoms with Gasteiger partial charge in [-0.3, -0.25) is 9.32 Å². The van der Waals surface area contributed by atoms with Crippen molar-refractivity contribution in [3.63, 3.8) is 0 Å². The summed E-state index contributed by atoms with van der Waals surface area (Å²) >= 11 is 5.48. The van der Waals surface area contributed by atoms with Crippen LogP contribution in [0.4, 0.5) is 10.1 Å². The summed E-state index contributed by atoms with van der Waals surface area (Å²) in [7, 11) is -5.53. The molecular formula is C20H29FN2O15P2S2. The Bertz CT molecular complexity index is 1300. The third kappa shape index (κ3) is 7.35. The lowest BCUT2D eigenvalue weighted by Crippen LogP contribution is -2.61. The van der Waals surface area contributed by atoms with Crippen molar-refractivity contribution in [3.05, 3.63) is 34.2 Å². The Morgan fingerprint density at radius 1 is 1.29 bits per heavy atom. The minimum Gasteiger partial charge on any atom is -0.397 e. The number of carbonyl (C=O) groups is 1. The number of hydrogen-bond donors (Lipinski definition) is 10. The molecule has 17 nitrogen and oxygen atoms in total. The van der Waals surface area contributed by atoms with Gasteiger partial charge >= 0.3 is 14.5 Å². The summed E-state index contributed by atoms with van der Waals surface area (Å²) < 4.78 is 53.1. The summed E-state index contributed by atoms with van der Waals surface area (Å²) in [4.78, 5) is 31.9. The van der Waals surface area contributed by atoms with Crippen molar-refractivity contribution in [2.24, 2.45) is 5.73 Å². The molecule has 1 amide bonds. The quantitative estimate of drug-likeness (QED) is 0.0827. The van der Waals surface area contributed by atoms with Crippen LogP contribution < -0.4 is 11.5 Å². The first kappa shape index (κ1) is 35.3. The van der Waals surface area contributed by atoms with Crippen LogP contribution in [0.2, 0.25) is 0 Å². The normalized spacial score (nSPS) is 36.9. The molecule has 3 heterocycles. The summed E-state index contributed by atoms with van der Waals surface area (Å²) in [5.41, 5.74) is 10.3. The minimum absolute atomic E-state index is 0.0553. The highest BCUT2D eigenvalue weighted by Gasteiger charge is 2.58. The van der Waals surface area contributed by atoms with Gasteiger partial charge in [-0.15, -0.1) is 17.1 Å². The molecule has 2 aliphatic heterocycles. The van der Waals surface area contributed by atoms with Gasteiger partial charge in [-0.2, -0.15) is 0 Å². The number of aliphatic hydroxyl groups is 6. The van der Waals surface area contributed by atoms with Crippen molar-refractivity contribution in [2.45, 2.75) is 60.8 Å². The summed E-state index contributed by atoms with van der Waals surface area (Å²) in [5.74, 6) is -0.892. The molecule has 0 bridgehead atoms. The van der Waals surface area contributed by atoms with Crippen LogP contribution in [0.1, 0.15) is 21.3 Å². The van der Waals surface area contributed by atoms with E-state index in [1.54, 1.807) is 0 Å². The lowest BCUT2D eigenvalue weighted by molar-refractivity contribution is -0.292. The van der Waals surface area contributed by atoms with E-state index in [4.69, 9.17) is 30.6 Å². The van der Waals surface area contributed by atoms with Gasteiger partial charge in [0.05, 0.1) is 18.9 Å². The van der Waals surface area contributed by atoms with Gasteiger partial charge in [-0.25, -0.2) is 13.3 Å². The van der Waals surface area contributed by atoms with Crippen molar-refractivity contribution in [1.29, 1.82) is 0 Å². The zero-order valence-corrected chi connectivity index (χ0v) is 24.6. The number of amides is 1. The number of halogens is 1. The number of primary amides is 1. The zero-order valence-electron chi connectivity index (χ0n) is 21.2. The van der Waals surface area contributed by atoms with Gasteiger partial charge in [0, 0.05) is 5.56 Å². The zero-order chi connectivity index (χ0) is 31.8. The lowest BCUT2D eigenvalue weighted by atomic mass is 9.89. The van der Waals surface area contributed by atoms with Crippen LogP contribution in [0.5, 0.6) is 0 Å². The summed E-state index contributed by atoms with van der Waals surface area (Å²) in [6, 6.07) is 0. The van der Waals surface area contributed by atoms with Crippen molar-refractivity contribution < 1.29 is 77.0 Å². The molecule has 2 aliphatic rings. The third-order valence-corrected chi connectivity index (χ3v) is 10.8. The summed E-state index contributed by atoms with van der Waals surface area (Å²) in [5, 5.41) is 60.7. The molecule has 0 aliphatic carbocycles. The number of hydrogen-bond acceptors (Lipinski definition) is 16. The van der Waals surface area contributed by atoms with E-state index in [1.165, 1.54) is 5.38 Å². The molecule has 0 saturated carbocycles. The van der Waals surface area contributed by atoms with E-state index in [2.05, 4.69) is 33.0 Å². The maximum atomic E-state index is 16.0. The molecule has 0 radical (unpaired) electrons. The molecule has 12 N–H and O–H groups in total. The van der Waals surface area contributed by atoms with E-state index in [-0.39, 0.29) is 16.1 Å². The van der Waals surface area contributed by atoms with Crippen molar-refractivity contribution >= 4 is 49.3 Å². The highest BCUT2D eigenvalue weighted by Crippen LogP contribution is 2.62. The lowest BCUT2D eigenvalue weighted by Gasteiger charge is -2.41. The van der Waals surface area contributed by atoms with E-state index < -0.39 is 94.5 Å². The van der Waals surface area contributed by atoms with Crippen LogP contribution in [0.3, 0.4) is 0 Å². The highest BCUT2D eigenvalue weighted by atomic mass is 32.5. The molecule has 22 heteroatoms. The molecular weight excluding hydrogens is 653 g/mol. The first-order valence-corrected chi connectivity index (χ1v) is 16.6. The smallest absolute Gasteiger partial charge is 0.397 e. The number of phosphoric ester groups is 1. The standard InChI is InChI=1S/C20H29FN2O15P2S2/c1-2-3-20(21)16(29)9(35-17(20)7-6-42-15(10(7)22)18(23)30)5-34-40(33,41)38-39(31,32)37-19-13(28)11(26)12(27)14(36-19)8(25)4-24/h3,6,8-9,11-14,16-17,19,24-29H,1,4-5,22H2,(H2,23,30)(H,31,32)(H,33,41)/t8-,9+,11?,12?,13?,14?,16+,17-,19?,20+,40?/m0/s1. The van der Waals surface area contributed by atoms with Gasteiger partial charge in [0.25, 0.3) is 5.91 Å². The highest BCUT2D eigenvalue weighted by molar-refractivity contribution is 8.08. The Hall–Kier alpha value is -1.22. The topological polar surface area (TPSA) is 294 Å². The number of nitrogen functional groups attached to an aromatic ring is 1. The van der Waals surface area contributed by atoms with E-state index in [0.717, 1.165) is 17.4 Å². The van der Waals surface area contributed by atoms with Gasteiger partial charge < -0.3 is 65.9 Å². The third-order valence-electron chi connectivity index (χ3n) is 6.23. The molecule has 3 rings (SSSR count). The number of ether oxygens (including phenoxy) is 2. The molecule has 12 atom stereocenters. The van der Waals surface area contributed by atoms with Crippen LogP contribution in [0.15, 0.2) is 23.8 Å². The number of aliphatic hydroxyl groups excluding tert-OH is 6. The molecule has 2 saturated heterocycles. The Labute approximate surface area is 245 Å². The van der Waals surface area contributed by atoms with Crippen molar-refractivity contribution in [1.82, 2.24) is 0 Å². The van der Waals surface area contributed by atoms with Crippen LogP contribution in [0.25, 0.3) is 0 Å². The predicted molar refractivity (Wildman–Crippen MR) is 143 cm³/mol. The van der Waals surface area contributed by atoms with Gasteiger partial charge in [-0.05, 0) is 23.3 Å². The van der Waals surface area contributed by atoms with Crippen LogP contribution in [-0.2, 0) is 39.2 Å². The van der Waals surface area contributed by atoms with E-state index in [0.29, 0.717) is 0 Å². The Morgan fingerprint density at radius 3 is 2.48 bits per heavy atom. The first-order chi connectivity index (χ1) is 19.4. The SMILES string of the molecule is C=C=C[C@@]1(F)[C@H](O)[C@@H](COP(O)(=S)OP(=O)(O)OC2OC([C@@H](O)CO)C(O)C(O)C2O)O[C@H]1c1csc(C(N)=O)c1N. The number of alkyl halides is 1. The maximum Gasteiger partial charge on any atom is 0.481 e. The molecule has 238 valence electrons. The van der Waals surface area contributed by atoms with E-state index >= 15 is 4.39 Å². The van der Waals surface area contributed by atoms with Crippen LogP contribution >= 0.6 is 25.9 Å². The molecule has 0 spiro atoms. The monoisotopic (exact) mass is 682 g/mol. The average Bonchev–Trinajstić information content (AvgIpc) is 3.39. The Kier molecular flexibility index (Phi) is 11.3. The van der Waals surface area contributed by atoms with Crippen molar-refractivity contribution in [2.75, 3.05) is 18.9 Å². The number of nitrogens with two attached hydrogens (primary N) is 2. The predicted octanol–water partition coefficient (Wildman–Crippen LogP) is -2.19. The Morgan fingerprint density at radius 2 is 1.93 bits per heavy atom. The number of phosphoric acid groups is 1. The second kappa shape index (κ2) is 13.4. The molecule has 0 aromatic carbocycles. The number of thiophene rings is 1. The number of rotatable bonds is 12. The number of carbonyl (C=O) groups excluding carboxylic acids is 1. The molecule has 2 fully saturated rings. The fraction of sp³-hybridized carbons (Fsp3) is 0.600. The maximum absolute atomic E-state index is 16.0. The van der Waals surface area contributed by atoms with E-state index in [9.17, 15) is 44.7 Å². The molecule has 7 unspecified atom stereocenters. The second-order valence-electron chi connectivity index (χ2n) is 9.08. The summed E-state index contributed by atoms with van der Waals surface area (Å²) in [6.07, 6.45) is -16.6. The first-order valence-electron chi connectivity index (χ1n) is 11.6. The van der Waals surface area contributed by atoms with E-state index in [1.807, 2.05) is 0 Å². The van der Waals surface area contributed by atoms with Gasteiger partial charge in [0.15, 0.2) is 12.0 Å². The summed E-state index contributed by atoms with van der Waals surface area (Å²) in [6.45, 7) is -3.43. The van der Waals surface area contributed by atoms with Gasteiger partial charge in [0.2, 0.25) is 0 Å². The fourth-order valence-electron chi connectivity index (χ4n) is 4.18. The molecule has 1 aromatic rings. The molecule has 1 aromatic heterocycles. The van der Waals surface area contributed by atoms with Crippen LogP contribution in [0, 0.1) is 0 Å². The second-order valence-corrected chi connectivity index (χ2v) is 14.3.